The van der Waals surface area contributed by atoms with Crippen molar-refractivity contribution in [3.8, 4) is 0 Å². The molecule has 0 saturated carbocycles. The van der Waals surface area contributed by atoms with Gasteiger partial charge in [0.05, 0.1) is 0 Å². The van der Waals surface area contributed by atoms with Crippen LogP contribution in [-0.2, 0) is 5.54 Å². The molecular weight excluding hydrogens is 136 g/mol. The van der Waals surface area contributed by atoms with Crippen LogP contribution in [0.25, 0.3) is 0 Å². The standard InChI is InChI=1S/C9H14N2/c1-9(2,11)7-3-5-8(10)6-4-7/h3-6H,10-11H2,1-2H3/p+1. The largest absolute Gasteiger partial charge is 0.399 e. The number of anilines is 1. The van der Waals surface area contributed by atoms with Crippen molar-refractivity contribution in [2.24, 2.45) is 0 Å². The quantitative estimate of drug-likeness (QED) is 0.572. The summed E-state index contributed by atoms with van der Waals surface area (Å²) in [6.45, 7) is 4.16. The van der Waals surface area contributed by atoms with E-state index in [1.165, 1.54) is 5.56 Å². The molecule has 0 amide bonds. The van der Waals surface area contributed by atoms with Gasteiger partial charge in [-0.2, -0.15) is 0 Å². The van der Waals surface area contributed by atoms with Crippen LogP contribution in [0.4, 0.5) is 5.69 Å². The van der Waals surface area contributed by atoms with Gasteiger partial charge in [0, 0.05) is 11.3 Å². The van der Waals surface area contributed by atoms with Crippen LogP contribution < -0.4 is 11.5 Å². The summed E-state index contributed by atoms with van der Waals surface area (Å²) in [5, 5.41) is 0. The molecule has 60 valence electrons. The van der Waals surface area contributed by atoms with Crippen LogP contribution in [0.3, 0.4) is 0 Å². The lowest BCUT2D eigenvalue weighted by Crippen LogP contribution is -2.66. The highest BCUT2D eigenvalue weighted by atomic mass is 14.7. The van der Waals surface area contributed by atoms with Gasteiger partial charge in [0.25, 0.3) is 0 Å². The number of hydrogen-bond donors (Lipinski definition) is 2. The van der Waals surface area contributed by atoms with Crippen molar-refractivity contribution in [3.63, 3.8) is 0 Å². The molecule has 0 bridgehead atoms. The fourth-order valence-electron chi connectivity index (χ4n) is 0.934. The summed E-state index contributed by atoms with van der Waals surface area (Å²) >= 11 is 0. The van der Waals surface area contributed by atoms with E-state index in [1.54, 1.807) is 0 Å². The molecular formula is C9H15N2+. The Bertz CT molecular complexity index is 231. The molecule has 0 atom stereocenters. The fraction of sp³-hybridized carbons (Fsp3) is 0.333. The van der Waals surface area contributed by atoms with Crippen molar-refractivity contribution in [2.75, 3.05) is 5.73 Å². The Labute approximate surface area is 67.2 Å². The topological polar surface area (TPSA) is 53.7 Å². The molecule has 0 spiro atoms. The van der Waals surface area contributed by atoms with Crippen molar-refractivity contribution >= 4 is 5.69 Å². The molecule has 5 N–H and O–H groups in total. The molecule has 1 aromatic carbocycles. The number of rotatable bonds is 1. The van der Waals surface area contributed by atoms with Gasteiger partial charge in [-0.25, -0.2) is 0 Å². The zero-order valence-corrected chi connectivity index (χ0v) is 7.09. The summed E-state index contributed by atoms with van der Waals surface area (Å²) < 4.78 is 0. The zero-order valence-electron chi connectivity index (χ0n) is 7.09. The Balaban J connectivity index is 2.99. The lowest BCUT2D eigenvalue weighted by Gasteiger charge is -2.14. The maximum atomic E-state index is 5.55. The van der Waals surface area contributed by atoms with E-state index in [1.807, 2.05) is 24.3 Å². The maximum Gasteiger partial charge on any atom is 0.114 e. The highest BCUT2D eigenvalue weighted by Gasteiger charge is 2.16. The molecule has 0 heterocycles. The van der Waals surface area contributed by atoms with Gasteiger partial charge < -0.3 is 11.5 Å². The normalized spacial score (nSPS) is 11.5. The smallest absolute Gasteiger partial charge is 0.114 e. The van der Waals surface area contributed by atoms with Gasteiger partial charge in [-0.05, 0) is 26.0 Å². The highest BCUT2D eigenvalue weighted by molar-refractivity contribution is 5.40. The van der Waals surface area contributed by atoms with E-state index in [0.29, 0.717) is 0 Å². The lowest BCUT2D eigenvalue weighted by molar-refractivity contribution is -0.475. The Morgan fingerprint density at radius 1 is 1.18 bits per heavy atom. The molecule has 0 radical (unpaired) electrons. The molecule has 1 rings (SSSR count). The van der Waals surface area contributed by atoms with Crippen molar-refractivity contribution < 1.29 is 5.73 Å². The van der Waals surface area contributed by atoms with Crippen molar-refractivity contribution in [1.82, 2.24) is 0 Å². The molecule has 0 unspecified atom stereocenters. The average Bonchev–Trinajstić information content (AvgIpc) is 1.86. The van der Waals surface area contributed by atoms with Crippen LogP contribution in [0.2, 0.25) is 0 Å². The molecule has 0 aliphatic heterocycles. The Morgan fingerprint density at radius 3 is 2.00 bits per heavy atom. The molecule has 0 fully saturated rings. The van der Waals surface area contributed by atoms with Gasteiger partial charge in [-0.1, -0.05) is 12.1 Å². The van der Waals surface area contributed by atoms with Gasteiger partial charge in [0.1, 0.15) is 5.54 Å². The second kappa shape index (κ2) is 2.55. The summed E-state index contributed by atoms with van der Waals surface area (Å²) in [4.78, 5) is 0. The molecule has 2 heteroatoms. The summed E-state index contributed by atoms with van der Waals surface area (Å²) in [5.74, 6) is 0. The van der Waals surface area contributed by atoms with Crippen LogP contribution in [0.5, 0.6) is 0 Å². The Hall–Kier alpha value is -1.02. The van der Waals surface area contributed by atoms with E-state index >= 15 is 0 Å². The van der Waals surface area contributed by atoms with Crippen LogP contribution in [-0.4, -0.2) is 0 Å². The number of nitrogen functional groups attached to an aromatic ring is 1. The summed E-state index contributed by atoms with van der Waals surface area (Å²) in [6.07, 6.45) is 0. The van der Waals surface area contributed by atoms with Gasteiger partial charge >= 0.3 is 0 Å². The predicted octanol–water partition coefficient (Wildman–Crippen LogP) is 0.746. The summed E-state index contributed by atoms with van der Waals surface area (Å²) in [7, 11) is 0. The number of quaternary nitrogens is 1. The van der Waals surface area contributed by atoms with E-state index in [0.717, 1.165) is 5.69 Å². The first-order chi connectivity index (χ1) is 5.00. The van der Waals surface area contributed by atoms with Crippen LogP contribution in [0.1, 0.15) is 19.4 Å². The third-order valence-electron chi connectivity index (χ3n) is 1.69. The zero-order chi connectivity index (χ0) is 8.48. The van der Waals surface area contributed by atoms with E-state index in [2.05, 4.69) is 19.6 Å². The van der Waals surface area contributed by atoms with E-state index in [-0.39, 0.29) is 5.54 Å². The van der Waals surface area contributed by atoms with Gasteiger partial charge in [-0.3, -0.25) is 0 Å². The average molecular weight is 151 g/mol. The minimum absolute atomic E-state index is 0.0201. The van der Waals surface area contributed by atoms with E-state index in [9.17, 15) is 0 Å². The molecule has 11 heavy (non-hydrogen) atoms. The monoisotopic (exact) mass is 151 g/mol. The molecule has 0 aromatic heterocycles. The molecule has 0 aliphatic carbocycles. The molecule has 1 aromatic rings. The van der Waals surface area contributed by atoms with Crippen molar-refractivity contribution in [2.45, 2.75) is 19.4 Å². The summed E-state index contributed by atoms with van der Waals surface area (Å²) in [5.41, 5.74) is 11.6. The maximum absolute atomic E-state index is 5.55. The van der Waals surface area contributed by atoms with E-state index < -0.39 is 0 Å². The number of benzene rings is 1. The Kier molecular flexibility index (Phi) is 1.87. The number of nitrogens with two attached hydrogens (primary N) is 1. The minimum Gasteiger partial charge on any atom is -0.399 e. The van der Waals surface area contributed by atoms with Gasteiger partial charge in [0.2, 0.25) is 0 Å². The third kappa shape index (κ3) is 1.95. The SMILES string of the molecule is CC(C)([NH3+])c1ccc(N)cc1. The van der Waals surface area contributed by atoms with Crippen LogP contribution >= 0.6 is 0 Å². The predicted molar refractivity (Wildman–Crippen MR) is 46.8 cm³/mol. The van der Waals surface area contributed by atoms with Crippen LogP contribution in [0.15, 0.2) is 24.3 Å². The van der Waals surface area contributed by atoms with Gasteiger partial charge in [0.15, 0.2) is 0 Å². The fourth-order valence-corrected chi connectivity index (χ4v) is 0.934. The first-order valence-corrected chi connectivity index (χ1v) is 3.71. The lowest BCUT2D eigenvalue weighted by atomic mass is 9.96. The molecule has 0 aliphatic rings. The van der Waals surface area contributed by atoms with Crippen molar-refractivity contribution in [1.29, 1.82) is 0 Å². The third-order valence-corrected chi connectivity index (χ3v) is 1.69. The van der Waals surface area contributed by atoms with Crippen molar-refractivity contribution in [3.05, 3.63) is 29.8 Å². The van der Waals surface area contributed by atoms with Gasteiger partial charge in [-0.15, -0.1) is 0 Å². The number of hydrogen-bond acceptors (Lipinski definition) is 1. The minimum atomic E-state index is -0.0201. The second-order valence-electron chi connectivity index (χ2n) is 3.51. The highest BCUT2D eigenvalue weighted by Crippen LogP contribution is 2.15. The molecule has 0 saturated heterocycles. The Morgan fingerprint density at radius 2 is 1.64 bits per heavy atom. The second-order valence-corrected chi connectivity index (χ2v) is 3.51. The first kappa shape index (κ1) is 8.08. The van der Waals surface area contributed by atoms with E-state index in [4.69, 9.17) is 5.73 Å². The first-order valence-electron chi connectivity index (χ1n) is 3.71. The molecule has 2 nitrogen and oxygen atoms in total. The van der Waals surface area contributed by atoms with Crippen LogP contribution in [0, 0.1) is 0 Å². The summed E-state index contributed by atoms with van der Waals surface area (Å²) in [6, 6.07) is 7.84.